The number of halogens is 1. The average Bonchev–Trinajstić information content (AvgIpc) is 2.17. The van der Waals surface area contributed by atoms with Crippen LogP contribution >= 0.6 is 0 Å². The van der Waals surface area contributed by atoms with Crippen molar-refractivity contribution in [2.24, 2.45) is 5.73 Å². The first-order valence-corrected chi connectivity index (χ1v) is 5.41. The van der Waals surface area contributed by atoms with Crippen molar-refractivity contribution >= 4 is 10.0 Å². The molecule has 0 bridgehead atoms. The van der Waals surface area contributed by atoms with Crippen molar-refractivity contribution in [3.05, 3.63) is 29.6 Å². The molecule has 0 amide bonds. The normalized spacial score (nSPS) is 11.6. The van der Waals surface area contributed by atoms with Gasteiger partial charge in [-0.2, -0.15) is 0 Å². The second-order valence-electron chi connectivity index (χ2n) is 2.66. The molecule has 4 nitrogen and oxygen atoms in total. The van der Waals surface area contributed by atoms with Crippen LogP contribution in [0.2, 0.25) is 0 Å². The topological polar surface area (TPSA) is 72.2 Å². The molecule has 0 unspecified atom stereocenters. The summed E-state index contributed by atoms with van der Waals surface area (Å²) in [4.78, 5) is -0.102. The molecule has 0 aliphatic rings. The number of sulfonamides is 1. The summed E-state index contributed by atoms with van der Waals surface area (Å²) in [5, 5.41) is 0. The summed E-state index contributed by atoms with van der Waals surface area (Å²) in [6.45, 7) is 0.0473. The fourth-order valence-electron chi connectivity index (χ4n) is 0.979. The van der Waals surface area contributed by atoms with Gasteiger partial charge in [-0.15, -0.1) is 0 Å². The molecule has 1 aromatic rings. The Bertz CT molecular complexity index is 431. The summed E-state index contributed by atoms with van der Waals surface area (Å²) in [5.41, 5.74) is 5.53. The van der Waals surface area contributed by atoms with Crippen LogP contribution in [-0.4, -0.2) is 15.5 Å². The van der Waals surface area contributed by atoms with E-state index < -0.39 is 15.8 Å². The highest BCUT2D eigenvalue weighted by molar-refractivity contribution is 7.89. The zero-order valence-electron chi connectivity index (χ0n) is 7.62. The van der Waals surface area contributed by atoms with Gasteiger partial charge in [-0.3, -0.25) is 0 Å². The third-order valence-corrected chi connectivity index (χ3v) is 3.24. The van der Waals surface area contributed by atoms with Crippen molar-refractivity contribution < 1.29 is 12.8 Å². The van der Waals surface area contributed by atoms with Gasteiger partial charge in [-0.1, -0.05) is 6.07 Å². The Hall–Kier alpha value is -0.980. The minimum Gasteiger partial charge on any atom is -0.326 e. The molecule has 0 radical (unpaired) electrons. The number of rotatable bonds is 3. The molecule has 0 aromatic heterocycles. The number of hydrogen-bond donors (Lipinski definition) is 2. The highest BCUT2D eigenvalue weighted by Gasteiger charge is 2.13. The van der Waals surface area contributed by atoms with Gasteiger partial charge in [0.05, 0.1) is 4.90 Å². The van der Waals surface area contributed by atoms with E-state index in [1.807, 2.05) is 0 Å². The van der Waals surface area contributed by atoms with Crippen molar-refractivity contribution in [2.75, 3.05) is 7.05 Å². The van der Waals surface area contributed by atoms with Crippen LogP contribution in [0.15, 0.2) is 23.1 Å². The molecule has 1 rings (SSSR count). The maximum absolute atomic E-state index is 13.1. The lowest BCUT2D eigenvalue weighted by molar-refractivity contribution is 0.581. The van der Waals surface area contributed by atoms with E-state index in [-0.39, 0.29) is 11.4 Å². The standard InChI is InChI=1S/C8H11FN2O2S/c1-11-14(12,13)7-3-2-6(5-10)8(9)4-7/h2-4,11H,5,10H2,1H3. The predicted octanol–water partition coefficient (Wildman–Crippen LogP) is 0.192. The zero-order valence-corrected chi connectivity index (χ0v) is 8.44. The van der Waals surface area contributed by atoms with E-state index in [2.05, 4.69) is 4.72 Å². The Morgan fingerprint density at radius 2 is 2.14 bits per heavy atom. The largest absolute Gasteiger partial charge is 0.326 e. The molecule has 0 spiro atoms. The molecular weight excluding hydrogens is 207 g/mol. The highest BCUT2D eigenvalue weighted by atomic mass is 32.2. The SMILES string of the molecule is CNS(=O)(=O)c1ccc(CN)c(F)c1. The molecule has 3 N–H and O–H groups in total. The highest BCUT2D eigenvalue weighted by Crippen LogP contribution is 2.13. The Kier molecular flexibility index (Phi) is 3.20. The van der Waals surface area contributed by atoms with Crippen LogP contribution in [0, 0.1) is 5.82 Å². The lowest BCUT2D eigenvalue weighted by atomic mass is 10.2. The summed E-state index contributed by atoms with van der Waals surface area (Å²) in [7, 11) is -2.31. The van der Waals surface area contributed by atoms with Crippen LogP contribution in [0.25, 0.3) is 0 Å². The van der Waals surface area contributed by atoms with Gasteiger partial charge in [0, 0.05) is 12.1 Å². The third kappa shape index (κ3) is 2.09. The number of nitrogens with one attached hydrogen (secondary N) is 1. The van der Waals surface area contributed by atoms with Crippen molar-refractivity contribution in [1.82, 2.24) is 4.72 Å². The molecule has 0 aliphatic carbocycles. The Morgan fingerprint density at radius 1 is 1.50 bits per heavy atom. The van der Waals surface area contributed by atoms with Gasteiger partial charge in [0.25, 0.3) is 0 Å². The van der Waals surface area contributed by atoms with Gasteiger partial charge in [0.2, 0.25) is 10.0 Å². The average molecular weight is 218 g/mol. The van der Waals surface area contributed by atoms with E-state index >= 15 is 0 Å². The van der Waals surface area contributed by atoms with Crippen molar-refractivity contribution in [3.8, 4) is 0 Å². The first kappa shape index (κ1) is 11.1. The Labute approximate surface area is 82.0 Å². The molecular formula is C8H11FN2O2S. The smallest absolute Gasteiger partial charge is 0.240 e. The van der Waals surface area contributed by atoms with E-state index in [0.717, 1.165) is 6.07 Å². The van der Waals surface area contributed by atoms with Gasteiger partial charge < -0.3 is 5.73 Å². The molecule has 0 atom stereocenters. The predicted molar refractivity (Wildman–Crippen MR) is 50.5 cm³/mol. The second kappa shape index (κ2) is 4.04. The van der Waals surface area contributed by atoms with E-state index in [4.69, 9.17) is 5.73 Å². The summed E-state index contributed by atoms with van der Waals surface area (Å²) >= 11 is 0. The van der Waals surface area contributed by atoms with Crippen molar-refractivity contribution in [1.29, 1.82) is 0 Å². The number of hydrogen-bond acceptors (Lipinski definition) is 3. The fraction of sp³-hybridized carbons (Fsp3) is 0.250. The summed E-state index contributed by atoms with van der Waals surface area (Å²) < 4.78 is 37.7. The van der Waals surface area contributed by atoms with Crippen molar-refractivity contribution in [3.63, 3.8) is 0 Å². The maximum atomic E-state index is 13.1. The van der Waals surface area contributed by atoms with Gasteiger partial charge in [-0.25, -0.2) is 17.5 Å². The molecule has 14 heavy (non-hydrogen) atoms. The molecule has 0 fully saturated rings. The zero-order chi connectivity index (χ0) is 10.8. The van der Waals surface area contributed by atoms with E-state index in [9.17, 15) is 12.8 Å². The van der Waals surface area contributed by atoms with Gasteiger partial charge in [0.15, 0.2) is 0 Å². The number of benzene rings is 1. The molecule has 6 heteroatoms. The molecule has 0 heterocycles. The Balaban J connectivity index is 3.22. The fourth-order valence-corrected chi connectivity index (χ4v) is 1.72. The summed E-state index contributed by atoms with van der Waals surface area (Å²) in [6, 6.07) is 3.63. The molecule has 0 aliphatic heterocycles. The van der Waals surface area contributed by atoms with Crippen LogP contribution in [0.1, 0.15) is 5.56 Å². The van der Waals surface area contributed by atoms with Crippen LogP contribution in [0.3, 0.4) is 0 Å². The number of nitrogens with two attached hydrogens (primary N) is 1. The quantitative estimate of drug-likeness (QED) is 0.760. The lowest BCUT2D eigenvalue weighted by Crippen LogP contribution is -2.19. The summed E-state index contributed by atoms with van der Waals surface area (Å²) in [6.07, 6.45) is 0. The van der Waals surface area contributed by atoms with Crippen LogP contribution < -0.4 is 10.5 Å². The van der Waals surface area contributed by atoms with Gasteiger partial charge in [-0.05, 0) is 19.2 Å². The van der Waals surface area contributed by atoms with E-state index in [0.29, 0.717) is 5.56 Å². The summed E-state index contributed by atoms with van der Waals surface area (Å²) in [5.74, 6) is -0.608. The lowest BCUT2D eigenvalue weighted by Gasteiger charge is -2.04. The van der Waals surface area contributed by atoms with Crippen LogP contribution in [0.4, 0.5) is 4.39 Å². The van der Waals surface area contributed by atoms with Crippen LogP contribution in [0.5, 0.6) is 0 Å². The monoisotopic (exact) mass is 218 g/mol. The van der Waals surface area contributed by atoms with E-state index in [1.54, 1.807) is 0 Å². The first-order chi connectivity index (χ1) is 6.51. The second-order valence-corrected chi connectivity index (χ2v) is 4.55. The first-order valence-electron chi connectivity index (χ1n) is 3.93. The van der Waals surface area contributed by atoms with E-state index in [1.165, 1.54) is 19.2 Å². The molecule has 78 valence electrons. The van der Waals surface area contributed by atoms with Gasteiger partial charge >= 0.3 is 0 Å². The minimum atomic E-state index is -3.58. The molecule has 1 aromatic carbocycles. The van der Waals surface area contributed by atoms with Crippen LogP contribution in [-0.2, 0) is 16.6 Å². The molecule has 0 saturated heterocycles. The minimum absolute atomic E-state index is 0.0473. The van der Waals surface area contributed by atoms with Gasteiger partial charge in [0.1, 0.15) is 5.82 Å². The maximum Gasteiger partial charge on any atom is 0.240 e. The van der Waals surface area contributed by atoms with Crippen molar-refractivity contribution in [2.45, 2.75) is 11.4 Å². The third-order valence-electron chi connectivity index (χ3n) is 1.82. The molecule has 0 saturated carbocycles. The Morgan fingerprint density at radius 3 is 2.57 bits per heavy atom.